The molecule has 8 nitrogen and oxygen atoms in total. The zero-order valence-corrected chi connectivity index (χ0v) is 18.1. The second kappa shape index (κ2) is 9.34. The van der Waals surface area contributed by atoms with Crippen LogP contribution in [0.1, 0.15) is 12.0 Å². The van der Waals surface area contributed by atoms with Crippen molar-refractivity contribution in [2.45, 2.75) is 13.0 Å². The molecule has 0 unspecified atom stereocenters. The molecule has 0 saturated carbocycles. The van der Waals surface area contributed by atoms with Crippen LogP contribution in [-0.4, -0.2) is 68.6 Å². The highest BCUT2D eigenvalue weighted by Gasteiger charge is 2.36. The minimum atomic E-state index is -0.388. The van der Waals surface area contributed by atoms with E-state index in [0.717, 1.165) is 37.6 Å². The highest BCUT2D eigenvalue weighted by Crippen LogP contribution is 2.32. The number of methoxy groups -OCH3 is 1. The van der Waals surface area contributed by atoms with E-state index >= 15 is 0 Å². The summed E-state index contributed by atoms with van der Waals surface area (Å²) in [5.74, 6) is 0.988. The summed E-state index contributed by atoms with van der Waals surface area (Å²) in [5, 5.41) is 3.02. The zero-order chi connectivity index (χ0) is 21.8. The average Bonchev–Trinajstić information content (AvgIpc) is 3.19. The number of carbonyl (C=O) groups excluding carboxylic acids is 2. The molecule has 2 aliphatic heterocycles. The van der Waals surface area contributed by atoms with Gasteiger partial charge in [-0.25, -0.2) is 4.98 Å². The van der Waals surface area contributed by atoms with Gasteiger partial charge in [-0.1, -0.05) is 18.2 Å². The molecule has 1 atom stereocenters. The van der Waals surface area contributed by atoms with Crippen LogP contribution in [0.4, 0.5) is 11.5 Å². The molecule has 0 spiro atoms. The van der Waals surface area contributed by atoms with Gasteiger partial charge < -0.3 is 24.8 Å². The number of likely N-dealkylation sites (N-methyl/N-ethyl adjacent to an activating group) is 1. The van der Waals surface area contributed by atoms with Crippen molar-refractivity contribution in [1.29, 1.82) is 0 Å². The fourth-order valence-electron chi connectivity index (χ4n) is 4.17. The second-order valence-electron chi connectivity index (χ2n) is 8.07. The molecule has 2 fully saturated rings. The number of nitrogens with one attached hydrogen (secondary N) is 1. The highest BCUT2D eigenvalue weighted by atomic mass is 16.5. The van der Waals surface area contributed by atoms with Gasteiger partial charge in [0.2, 0.25) is 11.8 Å². The van der Waals surface area contributed by atoms with Crippen molar-refractivity contribution in [3.63, 3.8) is 0 Å². The molecule has 1 aromatic carbocycles. The fourth-order valence-corrected chi connectivity index (χ4v) is 4.17. The van der Waals surface area contributed by atoms with Gasteiger partial charge in [-0.05, 0) is 25.2 Å². The van der Waals surface area contributed by atoms with Crippen molar-refractivity contribution in [2.75, 3.05) is 56.7 Å². The van der Waals surface area contributed by atoms with E-state index in [1.807, 2.05) is 36.4 Å². The van der Waals surface area contributed by atoms with Crippen LogP contribution >= 0.6 is 0 Å². The van der Waals surface area contributed by atoms with Crippen molar-refractivity contribution in [3.8, 4) is 5.75 Å². The van der Waals surface area contributed by atoms with E-state index in [1.54, 1.807) is 18.2 Å². The Hall–Kier alpha value is -3.13. The lowest BCUT2D eigenvalue weighted by Gasteiger charge is -2.34. The number of nitrogens with zero attached hydrogens (tertiary/aromatic N) is 4. The van der Waals surface area contributed by atoms with Gasteiger partial charge in [0.05, 0.1) is 18.7 Å². The summed E-state index contributed by atoms with van der Waals surface area (Å²) < 4.78 is 5.38. The number of benzene rings is 1. The summed E-state index contributed by atoms with van der Waals surface area (Å²) in [6.07, 6.45) is 1.99. The van der Waals surface area contributed by atoms with Crippen molar-refractivity contribution >= 4 is 23.3 Å². The lowest BCUT2D eigenvalue weighted by Crippen LogP contribution is -2.45. The third kappa shape index (κ3) is 4.64. The minimum absolute atomic E-state index is 0.0656. The third-order valence-corrected chi connectivity index (χ3v) is 6.00. The predicted octanol–water partition coefficient (Wildman–Crippen LogP) is 1.51. The first-order chi connectivity index (χ1) is 15.1. The Kier molecular flexibility index (Phi) is 6.36. The number of hydrogen-bond acceptors (Lipinski definition) is 6. The molecule has 0 bridgehead atoms. The van der Waals surface area contributed by atoms with Gasteiger partial charge in [0.1, 0.15) is 11.6 Å². The summed E-state index contributed by atoms with van der Waals surface area (Å²) in [6.45, 7) is 4.56. The van der Waals surface area contributed by atoms with Gasteiger partial charge in [-0.3, -0.25) is 9.59 Å². The Bertz CT molecular complexity index is 942. The van der Waals surface area contributed by atoms with Crippen molar-refractivity contribution in [2.24, 2.45) is 5.92 Å². The molecule has 2 amide bonds. The van der Waals surface area contributed by atoms with Crippen LogP contribution in [0.15, 0.2) is 42.6 Å². The van der Waals surface area contributed by atoms with Crippen LogP contribution in [0.2, 0.25) is 0 Å². The van der Waals surface area contributed by atoms with Crippen LogP contribution in [0.5, 0.6) is 5.75 Å². The number of aromatic nitrogens is 1. The first-order valence-corrected chi connectivity index (χ1v) is 10.7. The Labute approximate surface area is 182 Å². The van der Waals surface area contributed by atoms with E-state index in [4.69, 9.17) is 4.74 Å². The highest BCUT2D eigenvalue weighted by molar-refractivity contribution is 6.01. The molecule has 8 heteroatoms. The molecule has 1 aromatic heterocycles. The Morgan fingerprint density at radius 3 is 2.71 bits per heavy atom. The van der Waals surface area contributed by atoms with E-state index in [0.29, 0.717) is 24.5 Å². The van der Waals surface area contributed by atoms with Crippen LogP contribution < -0.4 is 19.9 Å². The third-order valence-electron chi connectivity index (χ3n) is 6.00. The normalized spacial score (nSPS) is 19.5. The van der Waals surface area contributed by atoms with Crippen molar-refractivity contribution in [1.82, 2.24) is 15.2 Å². The molecule has 164 valence electrons. The molecule has 1 N–H and O–H groups in total. The van der Waals surface area contributed by atoms with Gasteiger partial charge in [-0.2, -0.15) is 0 Å². The van der Waals surface area contributed by atoms with E-state index in [1.165, 1.54) is 0 Å². The van der Waals surface area contributed by atoms with E-state index < -0.39 is 0 Å². The number of ether oxygens (including phenoxy) is 1. The van der Waals surface area contributed by atoms with Gasteiger partial charge >= 0.3 is 0 Å². The summed E-state index contributed by atoms with van der Waals surface area (Å²) >= 11 is 0. The largest absolute Gasteiger partial charge is 0.495 e. The standard InChI is InChI=1S/C23H29N5O3/c1-26-10-12-27(13-11-26)22-17(6-5-9-24-22)15-25-23(30)18-14-21(29)28(16-18)19-7-3-4-8-20(19)31-2/h3-9,18H,10-16H2,1-2H3,(H,25,30)/t18-/m0/s1. The minimum Gasteiger partial charge on any atom is -0.495 e. The number of rotatable bonds is 6. The lowest BCUT2D eigenvalue weighted by atomic mass is 10.1. The summed E-state index contributed by atoms with van der Waals surface area (Å²) in [5.41, 5.74) is 1.70. The van der Waals surface area contributed by atoms with Gasteiger partial charge in [0.15, 0.2) is 0 Å². The number of piperazine rings is 1. The Morgan fingerprint density at radius 2 is 1.94 bits per heavy atom. The first-order valence-electron chi connectivity index (χ1n) is 10.7. The Balaban J connectivity index is 1.39. The SMILES string of the molecule is COc1ccccc1N1C[C@@H](C(=O)NCc2cccnc2N2CCN(C)CC2)CC1=O. The molecule has 0 aliphatic carbocycles. The molecular formula is C23H29N5O3. The van der Waals surface area contributed by atoms with Crippen molar-refractivity contribution in [3.05, 3.63) is 48.2 Å². The number of carbonyl (C=O) groups is 2. The number of anilines is 2. The Morgan fingerprint density at radius 1 is 1.16 bits per heavy atom. The maximum atomic E-state index is 12.9. The van der Waals surface area contributed by atoms with E-state index in [2.05, 4.69) is 27.1 Å². The topological polar surface area (TPSA) is 78.0 Å². The summed E-state index contributed by atoms with van der Waals surface area (Å²) in [6, 6.07) is 11.3. The lowest BCUT2D eigenvalue weighted by molar-refractivity contribution is -0.126. The molecule has 0 radical (unpaired) electrons. The fraction of sp³-hybridized carbons (Fsp3) is 0.435. The number of amides is 2. The van der Waals surface area contributed by atoms with Crippen molar-refractivity contribution < 1.29 is 14.3 Å². The summed E-state index contributed by atoms with van der Waals surface area (Å²) in [4.78, 5) is 36.2. The number of pyridine rings is 1. The maximum absolute atomic E-state index is 12.9. The molecule has 2 aromatic rings. The molecule has 4 rings (SSSR count). The van der Waals surface area contributed by atoms with E-state index in [-0.39, 0.29) is 24.2 Å². The zero-order valence-electron chi connectivity index (χ0n) is 18.1. The van der Waals surface area contributed by atoms with Crippen LogP contribution in [0, 0.1) is 5.92 Å². The number of hydrogen-bond donors (Lipinski definition) is 1. The van der Waals surface area contributed by atoms with Gasteiger partial charge in [0.25, 0.3) is 0 Å². The first kappa shape index (κ1) is 21.1. The quantitative estimate of drug-likeness (QED) is 0.759. The van der Waals surface area contributed by atoms with Crippen LogP contribution in [0.3, 0.4) is 0 Å². The monoisotopic (exact) mass is 423 g/mol. The maximum Gasteiger partial charge on any atom is 0.227 e. The van der Waals surface area contributed by atoms with Crippen LogP contribution in [0.25, 0.3) is 0 Å². The summed E-state index contributed by atoms with van der Waals surface area (Å²) in [7, 11) is 3.70. The van der Waals surface area contributed by atoms with E-state index in [9.17, 15) is 9.59 Å². The molecule has 31 heavy (non-hydrogen) atoms. The van der Waals surface area contributed by atoms with Gasteiger partial charge in [-0.15, -0.1) is 0 Å². The van der Waals surface area contributed by atoms with Crippen LogP contribution in [-0.2, 0) is 16.1 Å². The number of para-hydroxylation sites is 2. The van der Waals surface area contributed by atoms with Gasteiger partial charge in [0, 0.05) is 57.4 Å². The smallest absolute Gasteiger partial charge is 0.227 e. The average molecular weight is 424 g/mol. The second-order valence-corrected chi connectivity index (χ2v) is 8.07. The predicted molar refractivity (Wildman–Crippen MR) is 119 cm³/mol. The molecular weight excluding hydrogens is 394 g/mol. The molecule has 3 heterocycles. The molecule has 2 saturated heterocycles. The molecule has 2 aliphatic rings.